The third-order valence-electron chi connectivity index (χ3n) is 2.92. The van der Waals surface area contributed by atoms with Crippen LogP contribution in [0.5, 0.6) is 0 Å². The summed E-state index contributed by atoms with van der Waals surface area (Å²) in [7, 11) is 0. The number of H-pyrrole nitrogens is 1. The highest BCUT2D eigenvalue weighted by Gasteiger charge is 2.26. The minimum Gasteiger partial charge on any atom is -0.365 e. The molecule has 1 atom stereocenters. The number of amides is 1. The van der Waals surface area contributed by atoms with Gasteiger partial charge in [0.1, 0.15) is 0 Å². The summed E-state index contributed by atoms with van der Waals surface area (Å²) < 4.78 is 0. The number of aryl methyl sites for hydroxylation is 1. The number of carbonyl (C=O) groups excluding carboxylic acids is 1. The minimum atomic E-state index is -0.338. The topological polar surface area (TPSA) is 70.9 Å². The van der Waals surface area contributed by atoms with Crippen molar-refractivity contribution < 1.29 is 4.79 Å². The van der Waals surface area contributed by atoms with Crippen LogP contribution in [0.2, 0.25) is 0 Å². The summed E-state index contributed by atoms with van der Waals surface area (Å²) in [4.78, 5) is 15.1. The lowest BCUT2D eigenvalue weighted by molar-refractivity contribution is 0.0898. The average molecular weight is 274 g/mol. The van der Waals surface area contributed by atoms with E-state index < -0.39 is 0 Å². The summed E-state index contributed by atoms with van der Waals surface area (Å²) in [6.45, 7) is 8.58. The lowest BCUT2D eigenvalue weighted by Gasteiger charge is -2.31. The van der Waals surface area contributed by atoms with E-state index in [-0.39, 0.29) is 23.9 Å². The van der Waals surface area contributed by atoms with Crippen molar-refractivity contribution in [1.82, 2.24) is 10.3 Å². The van der Waals surface area contributed by atoms with Gasteiger partial charge in [-0.15, -0.1) is 12.4 Å². The number of carbonyl (C=O) groups is 1. The molecule has 0 spiro atoms. The first-order valence-corrected chi connectivity index (χ1v) is 6.04. The van der Waals surface area contributed by atoms with Crippen LogP contribution in [0.3, 0.4) is 0 Å². The first-order valence-electron chi connectivity index (χ1n) is 6.04. The third kappa shape index (κ3) is 4.35. The zero-order valence-electron chi connectivity index (χ0n) is 11.5. The molecule has 4 nitrogen and oxygen atoms in total. The second-order valence-corrected chi connectivity index (χ2v) is 5.33. The summed E-state index contributed by atoms with van der Waals surface area (Å²) in [5, 5.41) is 3.03. The fourth-order valence-corrected chi connectivity index (χ4v) is 2.13. The Balaban J connectivity index is 0.00000289. The summed E-state index contributed by atoms with van der Waals surface area (Å²) in [5.41, 5.74) is 7.00. The van der Waals surface area contributed by atoms with Gasteiger partial charge in [0.15, 0.2) is 0 Å². The highest BCUT2D eigenvalue weighted by atomic mass is 35.5. The van der Waals surface area contributed by atoms with Gasteiger partial charge in [0.2, 0.25) is 0 Å². The Morgan fingerprint density at radius 2 is 2.17 bits per heavy atom. The first kappa shape index (κ1) is 17.0. The van der Waals surface area contributed by atoms with E-state index >= 15 is 0 Å². The van der Waals surface area contributed by atoms with Crippen LogP contribution in [0.25, 0.3) is 0 Å². The van der Waals surface area contributed by atoms with Gasteiger partial charge in [-0.2, -0.15) is 0 Å². The maximum absolute atomic E-state index is 12.1. The molecular formula is C13H24ClN3O. The summed E-state index contributed by atoms with van der Waals surface area (Å²) in [5.74, 6) is 0.438. The highest BCUT2D eigenvalue weighted by Crippen LogP contribution is 2.16. The van der Waals surface area contributed by atoms with Gasteiger partial charge in [0, 0.05) is 24.0 Å². The maximum Gasteiger partial charge on any atom is 0.253 e. The normalized spacial score (nSPS) is 13.9. The van der Waals surface area contributed by atoms with E-state index in [0.29, 0.717) is 18.0 Å². The molecule has 1 rings (SSSR count). The Kier molecular flexibility index (Phi) is 6.43. The molecule has 0 aromatic carbocycles. The fraction of sp³-hybridized carbons (Fsp3) is 0.615. The van der Waals surface area contributed by atoms with Crippen LogP contribution >= 0.6 is 12.4 Å². The molecule has 104 valence electrons. The van der Waals surface area contributed by atoms with Gasteiger partial charge in [-0.25, -0.2) is 0 Å². The largest absolute Gasteiger partial charge is 0.365 e. The summed E-state index contributed by atoms with van der Waals surface area (Å²) >= 11 is 0. The van der Waals surface area contributed by atoms with E-state index in [0.717, 1.165) is 12.1 Å². The average Bonchev–Trinajstić information content (AvgIpc) is 2.63. The van der Waals surface area contributed by atoms with Crippen molar-refractivity contribution in [2.75, 3.05) is 6.54 Å². The zero-order valence-corrected chi connectivity index (χ0v) is 12.4. The Morgan fingerprint density at radius 3 is 2.56 bits per heavy atom. The maximum atomic E-state index is 12.1. The van der Waals surface area contributed by atoms with Gasteiger partial charge < -0.3 is 16.0 Å². The van der Waals surface area contributed by atoms with Gasteiger partial charge in [-0.1, -0.05) is 13.8 Å². The molecule has 1 aromatic rings. The van der Waals surface area contributed by atoms with E-state index in [4.69, 9.17) is 5.73 Å². The van der Waals surface area contributed by atoms with Gasteiger partial charge in [0.25, 0.3) is 5.91 Å². The highest BCUT2D eigenvalue weighted by molar-refractivity contribution is 5.95. The van der Waals surface area contributed by atoms with Gasteiger partial charge in [-0.05, 0) is 32.3 Å². The molecule has 5 heteroatoms. The fourth-order valence-electron chi connectivity index (χ4n) is 2.13. The van der Waals surface area contributed by atoms with Crippen LogP contribution in [0.1, 0.15) is 43.2 Å². The van der Waals surface area contributed by atoms with Crippen molar-refractivity contribution in [3.63, 3.8) is 0 Å². The van der Waals surface area contributed by atoms with E-state index in [1.807, 2.05) is 13.8 Å². The van der Waals surface area contributed by atoms with E-state index in [1.54, 1.807) is 12.3 Å². The van der Waals surface area contributed by atoms with E-state index in [9.17, 15) is 4.79 Å². The second-order valence-electron chi connectivity index (χ2n) is 5.33. The number of hydrogen-bond acceptors (Lipinski definition) is 2. The van der Waals surface area contributed by atoms with Crippen molar-refractivity contribution in [1.29, 1.82) is 0 Å². The number of nitrogens with one attached hydrogen (secondary N) is 2. The lowest BCUT2D eigenvalue weighted by Crippen LogP contribution is -2.52. The predicted molar refractivity (Wildman–Crippen MR) is 77.2 cm³/mol. The molecule has 1 aromatic heterocycles. The zero-order chi connectivity index (χ0) is 13.1. The smallest absolute Gasteiger partial charge is 0.253 e. The molecule has 1 unspecified atom stereocenters. The Bertz CT molecular complexity index is 389. The predicted octanol–water partition coefficient (Wildman–Crippen LogP) is 2.24. The Morgan fingerprint density at radius 1 is 1.56 bits per heavy atom. The number of hydrogen-bond donors (Lipinski definition) is 3. The first-order chi connectivity index (χ1) is 7.88. The van der Waals surface area contributed by atoms with Crippen LogP contribution in [-0.2, 0) is 0 Å². The molecule has 0 saturated heterocycles. The van der Waals surface area contributed by atoms with Gasteiger partial charge >= 0.3 is 0 Å². The van der Waals surface area contributed by atoms with Gasteiger partial charge in [0.05, 0.1) is 5.56 Å². The van der Waals surface area contributed by atoms with Crippen molar-refractivity contribution >= 4 is 18.3 Å². The molecule has 0 radical (unpaired) electrons. The molecule has 0 aliphatic heterocycles. The Hall–Kier alpha value is -1.00. The van der Waals surface area contributed by atoms with Crippen LogP contribution < -0.4 is 11.1 Å². The molecule has 1 heterocycles. The van der Waals surface area contributed by atoms with Crippen molar-refractivity contribution in [3.8, 4) is 0 Å². The summed E-state index contributed by atoms with van der Waals surface area (Å²) in [6, 6.07) is 1.79. The Labute approximate surface area is 115 Å². The molecular weight excluding hydrogens is 250 g/mol. The van der Waals surface area contributed by atoms with Crippen LogP contribution in [0.15, 0.2) is 12.3 Å². The number of aromatic nitrogens is 1. The molecule has 1 amide bonds. The van der Waals surface area contributed by atoms with E-state index in [2.05, 4.69) is 24.1 Å². The quantitative estimate of drug-likeness (QED) is 0.770. The van der Waals surface area contributed by atoms with Crippen LogP contribution in [0, 0.1) is 12.8 Å². The third-order valence-corrected chi connectivity index (χ3v) is 2.92. The lowest BCUT2D eigenvalue weighted by atomic mass is 9.90. The number of halogens is 1. The van der Waals surface area contributed by atoms with Crippen LogP contribution in [-0.4, -0.2) is 23.0 Å². The number of nitrogens with two attached hydrogens (primary N) is 1. The second kappa shape index (κ2) is 6.81. The molecule has 0 aliphatic carbocycles. The number of rotatable bonds is 5. The minimum absolute atomic E-state index is 0. The van der Waals surface area contributed by atoms with Crippen molar-refractivity contribution in [2.45, 2.75) is 39.7 Å². The standard InChI is InChI=1S/C13H23N3O.ClH/c1-9(2)7-13(4,8-14)16-12(17)11-5-6-15-10(11)3;/h5-6,9,15H,7-8,14H2,1-4H3,(H,16,17);1H. The molecule has 0 aliphatic rings. The molecule has 18 heavy (non-hydrogen) atoms. The van der Waals surface area contributed by atoms with E-state index in [1.165, 1.54) is 0 Å². The monoisotopic (exact) mass is 273 g/mol. The SMILES string of the molecule is Cc1[nH]ccc1C(=O)NC(C)(CN)CC(C)C.Cl. The van der Waals surface area contributed by atoms with Crippen molar-refractivity contribution in [2.24, 2.45) is 11.7 Å². The molecule has 0 fully saturated rings. The molecule has 0 saturated carbocycles. The van der Waals surface area contributed by atoms with Crippen LogP contribution in [0.4, 0.5) is 0 Å². The summed E-state index contributed by atoms with van der Waals surface area (Å²) in [6.07, 6.45) is 2.64. The number of aromatic amines is 1. The van der Waals surface area contributed by atoms with Gasteiger partial charge in [-0.3, -0.25) is 4.79 Å². The van der Waals surface area contributed by atoms with Crippen molar-refractivity contribution in [3.05, 3.63) is 23.5 Å². The molecule has 4 N–H and O–H groups in total. The molecule has 0 bridgehead atoms.